The minimum absolute atomic E-state index is 0.0356. The van der Waals surface area contributed by atoms with E-state index in [-0.39, 0.29) is 22.5 Å². The lowest BCUT2D eigenvalue weighted by atomic mass is 10.1. The number of rotatable bonds is 6. The highest BCUT2D eigenvalue weighted by Crippen LogP contribution is 2.32. The van der Waals surface area contributed by atoms with E-state index >= 15 is 0 Å². The third kappa shape index (κ3) is 7.05. The first kappa shape index (κ1) is 19.5. The molecule has 0 saturated carbocycles. The Bertz CT molecular complexity index is 571. The van der Waals surface area contributed by atoms with Gasteiger partial charge in [0.1, 0.15) is 0 Å². The normalized spacial score (nSPS) is 13.6. The summed E-state index contributed by atoms with van der Waals surface area (Å²) < 4.78 is 38.0. The van der Waals surface area contributed by atoms with E-state index < -0.39 is 11.7 Å². The van der Waals surface area contributed by atoms with Crippen LogP contribution in [0.3, 0.4) is 0 Å². The maximum absolute atomic E-state index is 12.7. The number of halogens is 4. The maximum Gasteiger partial charge on any atom is 0.416 e. The monoisotopic (exact) mass is 348 g/mol. The smallest absolute Gasteiger partial charge is 0.350 e. The van der Waals surface area contributed by atoms with Crippen LogP contribution >= 0.6 is 11.6 Å². The number of alkyl halides is 3. The summed E-state index contributed by atoms with van der Waals surface area (Å²) in [7, 11) is 3.87. The van der Waals surface area contributed by atoms with Gasteiger partial charge < -0.3 is 10.2 Å². The van der Waals surface area contributed by atoms with Gasteiger partial charge in [-0.2, -0.15) is 13.2 Å². The van der Waals surface area contributed by atoms with Gasteiger partial charge in [-0.1, -0.05) is 11.6 Å². The fourth-order valence-corrected chi connectivity index (χ4v) is 2.01. The molecule has 0 radical (unpaired) electrons. The molecule has 1 atom stereocenters. The third-order valence-corrected chi connectivity index (χ3v) is 3.48. The van der Waals surface area contributed by atoms with Crippen LogP contribution in [0.25, 0.3) is 6.08 Å². The summed E-state index contributed by atoms with van der Waals surface area (Å²) in [5.74, 6) is -0.371. The number of hydrogen-bond donors (Lipinski definition) is 1. The molecule has 0 aromatic heterocycles. The molecule has 0 heterocycles. The highest BCUT2D eigenvalue weighted by atomic mass is 35.5. The van der Waals surface area contributed by atoms with Crippen LogP contribution in [0.15, 0.2) is 24.3 Å². The molecule has 0 bridgehead atoms. The molecule has 128 valence electrons. The Morgan fingerprint density at radius 2 is 2.04 bits per heavy atom. The molecule has 1 N–H and O–H groups in total. The second kappa shape index (κ2) is 8.36. The number of nitrogens with zero attached hydrogens (tertiary/aromatic N) is 1. The molecule has 1 aromatic carbocycles. The van der Waals surface area contributed by atoms with Gasteiger partial charge in [-0.25, -0.2) is 0 Å². The predicted molar refractivity (Wildman–Crippen MR) is 86.3 cm³/mol. The molecule has 7 heteroatoms. The summed E-state index contributed by atoms with van der Waals surface area (Å²) in [4.78, 5) is 13.8. The van der Waals surface area contributed by atoms with Crippen molar-refractivity contribution in [3.05, 3.63) is 40.4 Å². The van der Waals surface area contributed by atoms with E-state index in [1.165, 1.54) is 18.2 Å². The first-order valence-corrected chi connectivity index (χ1v) is 7.47. The molecule has 1 amide bonds. The molecule has 0 saturated heterocycles. The number of amides is 1. The molecule has 0 spiro atoms. The lowest BCUT2D eigenvalue weighted by Gasteiger charge is -2.15. The van der Waals surface area contributed by atoms with Gasteiger partial charge in [0.05, 0.1) is 5.56 Å². The van der Waals surface area contributed by atoms with E-state index in [0.717, 1.165) is 25.1 Å². The van der Waals surface area contributed by atoms with Gasteiger partial charge in [0.25, 0.3) is 0 Å². The predicted octanol–water partition coefficient (Wildman–Crippen LogP) is 3.83. The molecule has 1 unspecified atom stereocenters. The Morgan fingerprint density at radius 3 is 2.61 bits per heavy atom. The zero-order chi connectivity index (χ0) is 17.6. The lowest BCUT2D eigenvalue weighted by molar-refractivity contribution is -0.137. The number of hydrogen-bond acceptors (Lipinski definition) is 2. The molecule has 23 heavy (non-hydrogen) atoms. The summed E-state index contributed by atoms with van der Waals surface area (Å²) in [6, 6.07) is 2.96. The van der Waals surface area contributed by atoms with Gasteiger partial charge in [-0.05, 0) is 63.8 Å². The summed E-state index contributed by atoms with van der Waals surface area (Å²) in [6.45, 7) is 2.69. The van der Waals surface area contributed by atoms with E-state index in [1.807, 2.05) is 25.9 Å². The Morgan fingerprint density at radius 1 is 1.39 bits per heavy atom. The van der Waals surface area contributed by atoms with Crippen molar-refractivity contribution in [3.63, 3.8) is 0 Å². The van der Waals surface area contributed by atoms with Crippen molar-refractivity contribution in [2.75, 3.05) is 20.6 Å². The van der Waals surface area contributed by atoms with Gasteiger partial charge in [0, 0.05) is 17.1 Å². The topological polar surface area (TPSA) is 32.3 Å². The molecular formula is C16H20ClF3N2O. The maximum atomic E-state index is 12.7. The first-order chi connectivity index (χ1) is 10.6. The van der Waals surface area contributed by atoms with Crippen molar-refractivity contribution in [3.8, 4) is 0 Å². The number of carbonyl (C=O) groups excluding carboxylic acids is 1. The Kier molecular flexibility index (Phi) is 7.09. The molecule has 3 nitrogen and oxygen atoms in total. The van der Waals surface area contributed by atoms with E-state index in [2.05, 4.69) is 5.32 Å². The quantitative estimate of drug-likeness (QED) is 0.792. The van der Waals surface area contributed by atoms with Crippen LogP contribution in [-0.2, 0) is 11.0 Å². The number of carbonyl (C=O) groups is 1. The Labute approximate surface area is 139 Å². The largest absolute Gasteiger partial charge is 0.416 e. The zero-order valence-corrected chi connectivity index (χ0v) is 14.0. The molecule has 1 rings (SSSR count). The minimum atomic E-state index is -4.45. The van der Waals surface area contributed by atoms with Gasteiger partial charge in [-0.15, -0.1) is 0 Å². The Balaban J connectivity index is 2.71. The van der Waals surface area contributed by atoms with Gasteiger partial charge >= 0.3 is 6.18 Å². The van der Waals surface area contributed by atoms with Crippen molar-refractivity contribution in [2.24, 2.45) is 0 Å². The summed E-state index contributed by atoms with van der Waals surface area (Å²) in [6.07, 6.45) is -1.20. The summed E-state index contributed by atoms with van der Waals surface area (Å²) >= 11 is 5.86. The average molecular weight is 349 g/mol. The second-order valence-electron chi connectivity index (χ2n) is 5.57. The van der Waals surface area contributed by atoms with Crippen LogP contribution in [0.5, 0.6) is 0 Å². The fourth-order valence-electron chi connectivity index (χ4n) is 1.83. The van der Waals surface area contributed by atoms with Crippen LogP contribution in [0, 0.1) is 0 Å². The van der Waals surface area contributed by atoms with Gasteiger partial charge in [0.2, 0.25) is 5.91 Å². The Hall–Kier alpha value is -1.53. The lowest BCUT2D eigenvalue weighted by Crippen LogP contribution is -2.33. The van der Waals surface area contributed by atoms with E-state index in [0.29, 0.717) is 0 Å². The fraction of sp³-hybridized carbons (Fsp3) is 0.438. The van der Waals surface area contributed by atoms with Crippen molar-refractivity contribution < 1.29 is 18.0 Å². The first-order valence-electron chi connectivity index (χ1n) is 7.09. The van der Waals surface area contributed by atoms with Crippen LogP contribution in [0.1, 0.15) is 24.5 Å². The molecule has 0 aliphatic carbocycles. The molecular weight excluding hydrogens is 329 g/mol. The van der Waals surface area contributed by atoms with E-state index in [1.54, 1.807) is 0 Å². The van der Waals surface area contributed by atoms with Crippen LogP contribution in [-0.4, -0.2) is 37.5 Å². The number of benzene rings is 1. The average Bonchev–Trinajstić information content (AvgIpc) is 2.43. The van der Waals surface area contributed by atoms with Crippen LogP contribution in [0.2, 0.25) is 5.02 Å². The minimum Gasteiger partial charge on any atom is -0.350 e. The van der Waals surface area contributed by atoms with Crippen molar-refractivity contribution >= 4 is 23.6 Å². The second-order valence-corrected chi connectivity index (χ2v) is 5.98. The molecule has 0 aliphatic heterocycles. The van der Waals surface area contributed by atoms with E-state index in [4.69, 9.17) is 11.6 Å². The zero-order valence-electron chi connectivity index (χ0n) is 13.2. The van der Waals surface area contributed by atoms with E-state index in [9.17, 15) is 18.0 Å². The van der Waals surface area contributed by atoms with Crippen LogP contribution < -0.4 is 5.32 Å². The standard InChI is InChI=1S/C16H20ClF3N2O/c1-11(8-9-22(2)3)21-15(23)7-4-12-10-13(16(18,19)20)5-6-14(12)17/h4-7,10-11H,8-9H2,1-3H3,(H,21,23)/b7-4+. The van der Waals surface area contributed by atoms with Crippen molar-refractivity contribution in [2.45, 2.75) is 25.6 Å². The third-order valence-electron chi connectivity index (χ3n) is 3.14. The van der Waals surface area contributed by atoms with Crippen molar-refractivity contribution in [1.29, 1.82) is 0 Å². The molecule has 0 aliphatic rings. The highest BCUT2D eigenvalue weighted by molar-refractivity contribution is 6.32. The molecule has 0 fully saturated rings. The van der Waals surface area contributed by atoms with Gasteiger partial charge in [-0.3, -0.25) is 4.79 Å². The molecule has 1 aromatic rings. The summed E-state index contributed by atoms with van der Waals surface area (Å²) in [5, 5.41) is 2.91. The summed E-state index contributed by atoms with van der Waals surface area (Å²) in [5.41, 5.74) is -0.654. The highest BCUT2D eigenvalue weighted by Gasteiger charge is 2.30. The van der Waals surface area contributed by atoms with Crippen molar-refractivity contribution in [1.82, 2.24) is 10.2 Å². The van der Waals surface area contributed by atoms with Gasteiger partial charge in [0.15, 0.2) is 0 Å². The number of nitrogens with one attached hydrogen (secondary N) is 1. The SMILES string of the molecule is CC(CCN(C)C)NC(=O)/C=C/c1cc(C(F)(F)F)ccc1Cl. The van der Waals surface area contributed by atoms with Crippen LogP contribution in [0.4, 0.5) is 13.2 Å².